The first kappa shape index (κ1) is 18.0. The molecule has 0 bridgehead atoms. The molecule has 0 amide bonds. The molecule has 0 aliphatic rings. The Morgan fingerprint density at radius 3 is 2.65 bits per heavy atom. The summed E-state index contributed by atoms with van der Waals surface area (Å²) in [4.78, 5) is 17.1. The first-order valence-electron chi connectivity index (χ1n) is 8.50. The number of fused-ring (bicyclic) bond motifs is 1. The zero-order valence-electron chi connectivity index (χ0n) is 15.0. The number of ketones is 1. The fraction of sp³-hybridized carbons (Fsp3) is 0.238. The van der Waals surface area contributed by atoms with Crippen molar-refractivity contribution < 1.29 is 14.3 Å². The van der Waals surface area contributed by atoms with Gasteiger partial charge < -0.3 is 10.4 Å². The predicted molar refractivity (Wildman–Crippen MR) is 101 cm³/mol. The van der Waals surface area contributed by atoms with Crippen molar-refractivity contribution in [2.24, 2.45) is 5.92 Å². The highest BCUT2D eigenvalue weighted by Gasteiger charge is 2.19. The van der Waals surface area contributed by atoms with E-state index in [1.807, 2.05) is 26.0 Å². The maximum Gasteiger partial charge on any atom is 0.169 e. The Balaban J connectivity index is 2.23. The monoisotopic (exact) mass is 352 g/mol. The number of aliphatic hydroxyl groups excluding tert-OH is 1. The molecule has 3 rings (SSSR count). The molecule has 0 saturated carbocycles. The molecule has 0 saturated heterocycles. The molecule has 5 heteroatoms. The molecule has 4 nitrogen and oxygen atoms in total. The second-order valence-corrected chi connectivity index (χ2v) is 6.66. The predicted octanol–water partition coefficient (Wildman–Crippen LogP) is 4.76. The van der Waals surface area contributed by atoms with Gasteiger partial charge in [-0.2, -0.15) is 0 Å². The molecule has 26 heavy (non-hydrogen) atoms. The highest BCUT2D eigenvalue weighted by Crippen LogP contribution is 2.32. The number of carbonyl (C=O) groups excluding carboxylic acids is 1. The summed E-state index contributed by atoms with van der Waals surface area (Å²) >= 11 is 0. The summed E-state index contributed by atoms with van der Waals surface area (Å²) in [6, 6.07) is 9.90. The van der Waals surface area contributed by atoms with Gasteiger partial charge >= 0.3 is 0 Å². The third kappa shape index (κ3) is 3.44. The summed E-state index contributed by atoms with van der Waals surface area (Å²) in [7, 11) is 0. The Morgan fingerprint density at radius 1 is 1.23 bits per heavy atom. The van der Waals surface area contributed by atoms with Gasteiger partial charge in [-0.25, -0.2) is 4.39 Å². The van der Waals surface area contributed by atoms with E-state index in [-0.39, 0.29) is 24.1 Å². The van der Waals surface area contributed by atoms with E-state index in [9.17, 15) is 14.3 Å². The van der Waals surface area contributed by atoms with Gasteiger partial charge in [0.2, 0.25) is 0 Å². The van der Waals surface area contributed by atoms with Crippen LogP contribution in [0, 0.1) is 18.7 Å². The Labute approximate surface area is 151 Å². The average molecular weight is 352 g/mol. The van der Waals surface area contributed by atoms with Crippen LogP contribution in [0.3, 0.4) is 0 Å². The molecule has 3 aromatic rings. The van der Waals surface area contributed by atoms with E-state index in [1.165, 1.54) is 12.1 Å². The molecule has 0 atom stereocenters. The Bertz CT molecular complexity index is 983. The van der Waals surface area contributed by atoms with Crippen LogP contribution in [-0.2, 0) is 6.61 Å². The highest BCUT2D eigenvalue weighted by atomic mass is 19.1. The Morgan fingerprint density at radius 2 is 2.00 bits per heavy atom. The first-order valence-corrected chi connectivity index (χ1v) is 8.50. The smallest absolute Gasteiger partial charge is 0.169 e. The Kier molecular flexibility index (Phi) is 5.00. The summed E-state index contributed by atoms with van der Waals surface area (Å²) < 4.78 is 13.4. The zero-order valence-corrected chi connectivity index (χ0v) is 15.0. The van der Waals surface area contributed by atoms with E-state index in [0.717, 1.165) is 16.5 Å². The SMILES string of the molecule is Cc1cc(F)ccc1Nc1c(C(=O)C(C)C)cnc2ccc(CO)cc12. The van der Waals surface area contributed by atoms with Crippen LogP contribution in [0.15, 0.2) is 42.6 Å². The van der Waals surface area contributed by atoms with E-state index < -0.39 is 0 Å². The van der Waals surface area contributed by atoms with E-state index in [1.54, 1.807) is 25.3 Å². The molecule has 2 N–H and O–H groups in total. The van der Waals surface area contributed by atoms with Crippen LogP contribution in [-0.4, -0.2) is 15.9 Å². The molecule has 1 aromatic heterocycles. The van der Waals surface area contributed by atoms with Crippen LogP contribution in [0.4, 0.5) is 15.8 Å². The number of nitrogens with one attached hydrogen (secondary N) is 1. The molecule has 0 radical (unpaired) electrons. The topological polar surface area (TPSA) is 62.2 Å². The number of aliphatic hydroxyl groups is 1. The van der Waals surface area contributed by atoms with Crippen molar-refractivity contribution in [3.63, 3.8) is 0 Å². The van der Waals surface area contributed by atoms with E-state index >= 15 is 0 Å². The van der Waals surface area contributed by atoms with Crippen LogP contribution >= 0.6 is 0 Å². The summed E-state index contributed by atoms with van der Waals surface area (Å²) in [5, 5.41) is 13.5. The summed E-state index contributed by atoms with van der Waals surface area (Å²) in [5.74, 6) is -0.533. The lowest BCUT2D eigenvalue weighted by atomic mass is 9.97. The van der Waals surface area contributed by atoms with E-state index in [2.05, 4.69) is 10.3 Å². The molecule has 2 aromatic carbocycles. The molecule has 0 fully saturated rings. The number of hydrogen-bond donors (Lipinski definition) is 2. The van der Waals surface area contributed by atoms with Gasteiger partial charge in [-0.15, -0.1) is 0 Å². The summed E-state index contributed by atoms with van der Waals surface area (Å²) in [6.07, 6.45) is 1.57. The van der Waals surface area contributed by atoms with Crippen molar-refractivity contribution in [2.75, 3.05) is 5.32 Å². The zero-order chi connectivity index (χ0) is 18.8. The highest BCUT2D eigenvalue weighted by molar-refractivity contribution is 6.09. The minimum absolute atomic E-state index is 0.0314. The quantitative estimate of drug-likeness (QED) is 0.650. The van der Waals surface area contributed by atoms with Gasteiger partial charge in [-0.3, -0.25) is 9.78 Å². The average Bonchev–Trinajstić information content (AvgIpc) is 2.62. The van der Waals surface area contributed by atoms with Crippen molar-refractivity contribution in [3.8, 4) is 0 Å². The van der Waals surface area contributed by atoms with Crippen molar-refractivity contribution in [3.05, 3.63) is 65.1 Å². The minimum atomic E-state index is -0.311. The number of aryl methyl sites for hydroxylation is 1. The maximum atomic E-state index is 13.4. The number of rotatable bonds is 5. The van der Waals surface area contributed by atoms with E-state index in [4.69, 9.17) is 0 Å². The van der Waals surface area contributed by atoms with Gasteiger partial charge in [-0.05, 0) is 48.4 Å². The Hall–Kier alpha value is -2.79. The second kappa shape index (κ2) is 7.22. The molecule has 0 spiro atoms. The lowest BCUT2D eigenvalue weighted by Gasteiger charge is -2.17. The first-order chi connectivity index (χ1) is 12.4. The molecule has 0 aliphatic heterocycles. The van der Waals surface area contributed by atoms with Crippen molar-refractivity contribution >= 4 is 28.1 Å². The van der Waals surface area contributed by atoms with E-state index in [0.29, 0.717) is 22.5 Å². The van der Waals surface area contributed by atoms with Gasteiger partial charge in [0.15, 0.2) is 5.78 Å². The minimum Gasteiger partial charge on any atom is -0.392 e. The third-order valence-corrected chi connectivity index (χ3v) is 4.35. The fourth-order valence-electron chi connectivity index (χ4n) is 2.87. The third-order valence-electron chi connectivity index (χ3n) is 4.35. The number of aromatic nitrogens is 1. The van der Waals surface area contributed by atoms with Gasteiger partial charge in [-0.1, -0.05) is 19.9 Å². The number of hydrogen-bond acceptors (Lipinski definition) is 4. The summed E-state index contributed by atoms with van der Waals surface area (Å²) in [5.41, 5.74) is 3.99. The van der Waals surface area contributed by atoms with Gasteiger partial charge in [0.05, 0.1) is 23.4 Å². The number of carbonyl (C=O) groups is 1. The lowest BCUT2D eigenvalue weighted by Crippen LogP contribution is -2.11. The molecule has 134 valence electrons. The number of Topliss-reactive ketones (excluding diaryl/α,β-unsaturated/α-hetero) is 1. The van der Waals surface area contributed by atoms with Crippen LogP contribution < -0.4 is 5.32 Å². The van der Waals surface area contributed by atoms with Crippen LogP contribution in [0.25, 0.3) is 10.9 Å². The van der Waals surface area contributed by atoms with Crippen molar-refractivity contribution in [1.82, 2.24) is 4.98 Å². The van der Waals surface area contributed by atoms with Crippen LogP contribution in [0.1, 0.15) is 35.3 Å². The largest absolute Gasteiger partial charge is 0.392 e. The standard InChI is InChI=1S/C21H21FN2O2/c1-12(2)21(26)17-10-23-19-6-4-14(11-25)9-16(19)20(17)24-18-7-5-15(22)8-13(18)3/h4-10,12,25H,11H2,1-3H3,(H,23,24). The molecule has 1 heterocycles. The summed E-state index contributed by atoms with van der Waals surface area (Å²) in [6.45, 7) is 5.37. The lowest BCUT2D eigenvalue weighted by molar-refractivity contribution is 0.0940. The number of halogens is 1. The number of nitrogens with zero attached hydrogens (tertiary/aromatic N) is 1. The number of pyridine rings is 1. The van der Waals surface area contributed by atoms with Crippen LogP contribution in [0.5, 0.6) is 0 Å². The van der Waals surface area contributed by atoms with Crippen molar-refractivity contribution in [1.29, 1.82) is 0 Å². The molecule has 0 aliphatic carbocycles. The molecule has 0 unspecified atom stereocenters. The number of benzene rings is 2. The normalized spacial score (nSPS) is 11.2. The van der Waals surface area contributed by atoms with Gasteiger partial charge in [0.25, 0.3) is 0 Å². The number of anilines is 2. The maximum absolute atomic E-state index is 13.4. The van der Waals surface area contributed by atoms with Crippen LogP contribution in [0.2, 0.25) is 0 Å². The van der Waals surface area contributed by atoms with Gasteiger partial charge in [0, 0.05) is 23.2 Å². The van der Waals surface area contributed by atoms with Gasteiger partial charge in [0.1, 0.15) is 5.82 Å². The van der Waals surface area contributed by atoms with Crippen molar-refractivity contribution in [2.45, 2.75) is 27.4 Å². The fourth-order valence-corrected chi connectivity index (χ4v) is 2.87. The second-order valence-electron chi connectivity index (χ2n) is 6.66. The molecular weight excluding hydrogens is 331 g/mol. The molecular formula is C21H21FN2O2.